The fourth-order valence-electron chi connectivity index (χ4n) is 3.98. The Morgan fingerprint density at radius 2 is 2.03 bits per heavy atom. The molecule has 2 heterocycles. The minimum atomic E-state index is -1.05. The molecule has 2 aromatic heterocycles. The highest BCUT2D eigenvalue weighted by atomic mass is 35.5. The second-order valence-electron chi connectivity index (χ2n) is 9.14. The summed E-state index contributed by atoms with van der Waals surface area (Å²) in [6.45, 7) is 8.38. The van der Waals surface area contributed by atoms with Crippen molar-refractivity contribution in [2.45, 2.75) is 59.5 Å². The lowest BCUT2D eigenvalue weighted by molar-refractivity contribution is -0.124. The number of pyridine rings is 1. The van der Waals surface area contributed by atoms with Crippen molar-refractivity contribution in [3.63, 3.8) is 0 Å². The SMILES string of the molecule is CCC(OC(=O)c1cccnc1Cl)C(=O)Nc1sc2c(c1C(=O)OC)CCC(C(C)(C)C)C2. The summed E-state index contributed by atoms with van der Waals surface area (Å²) in [5.74, 6) is -1.25. The van der Waals surface area contributed by atoms with Gasteiger partial charge in [-0.15, -0.1) is 11.3 Å². The van der Waals surface area contributed by atoms with Gasteiger partial charge < -0.3 is 14.8 Å². The standard InChI is InChI=1S/C24H29ClN2O5S/c1-6-16(32-22(29)15-8-7-11-26-19(15)25)20(28)27-21-18(23(30)31-5)14-10-9-13(24(2,3)4)12-17(14)33-21/h7-8,11,13,16H,6,9-10,12H2,1-5H3,(H,27,28). The number of nitrogens with one attached hydrogen (secondary N) is 1. The van der Waals surface area contributed by atoms with Crippen molar-refractivity contribution in [2.75, 3.05) is 12.4 Å². The zero-order valence-corrected chi connectivity index (χ0v) is 21.1. The number of rotatable bonds is 6. The van der Waals surface area contributed by atoms with Crippen molar-refractivity contribution >= 4 is 45.8 Å². The van der Waals surface area contributed by atoms with E-state index in [0.29, 0.717) is 16.5 Å². The van der Waals surface area contributed by atoms with E-state index in [1.807, 2.05) is 0 Å². The van der Waals surface area contributed by atoms with Gasteiger partial charge in [-0.2, -0.15) is 0 Å². The highest BCUT2D eigenvalue weighted by Crippen LogP contribution is 2.44. The van der Waals surface area contributed by atoms with Gasteiger partial charge in [0.25, 0.3) is 5.91 Å². The van der Waals surface area contributed by atoms with Crippen molar-refractivity contribution in [1.29, 1.82) is 0 Å². The molecule has 178 valence electrons. The van der Waals surface area contributed by atoms with Crippen molar-refractivity contribution < 1.29 is 23.9 Å². The number of esters is 2. The van der Waals surface area contributed by atoms with Crippen LogP contribution >= 0.6 is 22.9 Å². The molecular weight excluding hydrogens is 464 g/mol. The first-order valence-corrected chi connectivity index (χ1v) is 12.1. The van der Waals surface area contributed by atoms with Gasteiger partial charge >= 0.3 is 11.9 Å². The second kappa shape index (κ2) is 10.2. The van der Waals surface area contributed by atoms with E-state index in [-0.39, 0.29) is 22.6 Å². The van der Waals surface area contributed by atoms with Gasteiger partial charge in [0.2, 0.25) is 0 Å². The average molecular weight is 493 g/mol. The molecule has 7 nitrogen and oxygen atoms in total. The van der Waals surface area contributed by atoms with Gasteiger partial charge in [0.05, 0.1) is 18.2 Å². The molecule has 1 aliphatic carbocycles. The summed E-state index contributed by atoms with van der Waals surface area (Å²) >= 11 is 7.36. The maximum absolute atomic E-state index is 13.0. The fraction of sp³-hybridized carbons (Fsp3) is 0.500. The number of amides is 1. The molecule has 0 aromatic carbocycles. The lowest BCUT2D eigenvalue weighted by Gasteiger charge is -2.33. The highest BCUT2D eigenvalue weighted by molar-refractivity contribution is 7.17. The number of methoxy groups -OCH3 is 1. The van der Waals surface area contributed by atoms with Crippen LogP contribution in [-0.2, 0) is 27.1 Å². The summed E-state index contributed by atoms with van der Waals surface area (Å²) in [5, 5.41) is 3.25. The van der Waals surface area contributed by atoms with Crippen molar-refractivity contribution in [1.82, 2.24) is 4.98 Å². The molecule has 0 saturated carbocycles. The lowest BCUT2D eigenvalue weighted by atomic mass is 9.72. The van der Waals surface area contributed by atoms with Crippen LogP contribution in [0.15, 0.2) is 18.3 Å². The fourth-order valence-corrected chi connectivity index (χ4v) is 5.49. The van der Waals surface area contributed by atoms with E-state index in [0.717, 1.165) is 29.7 Å². The van der Waals surface area contributed by atoms with E-state index in [9.17, 15) is 14.4 Å². The molecule has 9 heteroatoms. The van der Waals surface area contributed by atoms with Gasteiger partial charge in [0.15, 0.2) is 6.10 Å². The summed E-state index contributed by atoms with van der Waals surface area (Å²) in [7, 11) is 1.33. The van der Waals surface area contributed by atoms with E-state index in [4.69, 9.17) is 21.1 Å². The van der Waals surface area contributed by atoms with Gasteiger partial charge in [-0.25, -0.2) is 14.6 Å². The summed E-state index contributed by atoms with van der Waals surface area (Å²) in [4.78, 5) is 43.1. The zero-order chi connectivity index (χ0) is 24.3. The molecule has 1 N–H and O–H groups in total. The van der Waals surface area contributed by atoms with Gasteiger partial charge in [0.1, 0.15) is 10.2 Å². The van der Waals surface area contributed by atoms with Gasteiger partial charge in [0, 0.05) is 11.1 Å². The monoisotopic (exact) mass is 492 g/mol. The minimum absolute atomic E-state index is 0.00470. The first-order chi connectivity index (χ1) is 15.6. The number of hydrogen-bond acceptors (Lipinski definition) is 7. The highest BCUT2D eigenvalue weighted by Gasteiger charge is 2.35. The number of ether oxygens (including phenoxy) is 2. The average Bonchev–Trinajstić information content (AvgIpc) is 3.13. The second-order valence-corrected chi connectivity index (χ2v) is 10.6. The lowest BCUT2D eigenvalue weighted by Crippen LogP contribution is -2.32. The van der Waals surface area contributed by atoms with E-state index >= 15 is 0 Å². The van der Waals surface area contributed by atoms with Crippen LogP contribution in [0.1, 0.15) is 71.7 Å². The maximum Gasteiger partial charge on any atom is 0.342 e. The molecule has 2 aromatic rings. The Labute approximate surface area is 202 Å². The Morgan fingerprint density at radius 1 is 1.30 bits per heavy atom. The van der Waals surface area contributed by atoms with Crippen LogP contribution in [0.2, 0.25) is 5.15 Å². The van der Waals surface area contributed by atoms with Crippen molar-refractivity contribution in [2.24, 2.45) is 11.3 Å². The number of thiophene rings is 1. The molecule has 0 radical (unpaired) electrons. The van der Waals surface area contributed by atoms with Crippen LogP contribution in [0.4, 0.5) is 5.00 Å². The third kappa shape index (κ3) is 5.55. The predicted molar refractivity (Wildman–Crippen MR) is 128 cm³/mol. The third-order valence-electron chi connectivity index (χ3n) is 6.01. The molecule has 1 aliphatic rings. The van der Waals surface area contributed by atoms with Gasteiger partial charge in [-0.3, -0.25) is 4.79 Å². The molecule has 33 heavy (non-hydrogen) atoms. The molecule has 2 unspecified atom stereocenters. The van der Waals surface area contributed by atoms with Gasteiger partial charge in [-0.1, -0.05) is 39.3 Å². The number of halogens is 1. The Morgan fingerprint density at radius 3 is 2.64 bits per heavy atom. The molecule has 1 amide bonds. The number of nitrogens with zero attached hydrogens (tertiary/aromatic N) is 1. The topological polar surface area (TPSA) is 94.6 Å². The van der Waals surface area contributed by atoms with Crippen LogP contribution in [0.25, 0.3) is 0 Å². The number of carbonyl (C=O) groups is 3. The molecule has 0 spiro atoms. The number of anilines is 1. The van der Waals surface area contributed by atoms with E-state index in [2.05, 4.69) is 31.1 Å². The van der Waals surface area contributed by atoms with Crippen molar-refractivity contribution in [3.8, 4) is 0 Å². The van der Waals surface area contributed by atoms with Crippen molar-refractivity contribution in [3.05, 3.63) is 45.1 Å². The molecule has 2 atom stereocenters. The molecule has 0 saturated heterocycles. The van der Waals surface area contributed by atoms with E-state index < -0.39 is 23.9 Å². The van der Waals surface area contributed by atoms with Crippen LogP contribution in [0.3, 0.4) is 0 Å². The van der Waals surface area contributed by atoms with Gasteiger partial charge in [-0.05, 0) is 54.7 Å². The molecule has 0 bridgehead atoms. The Balaban J connectivity index is 1.83. The summed E-state index contributed by atoms with van der Waals surface area (Å²) in [5.41, 5.74) is 1.57. The zero-order valence-electron chi connectivity index (χ0n) is 19.5. The number of fused-ring (bicyclic) bond motifs is 1. The summed E-state index contributed by atoms with van der Waals surface area (Å²) in [6, 6.07) is 3.05. The minimum Gasteiger partial charge on any atom is -0.465 e. The number of hydrogen-bond donors (Lipinski definition) is 1. The molecule has 0 fully saturated rings. The number of carbonyl (C=O) groups excluding carboxylic acids is 3. The Kier molecular flexibility index (Phi) is 7.80. The maximum atomic E-state index is 13.0. The Bertz CT molecular complexity index is 1060. The van der Waals surface area contributed by atoms with E-state index in [1.54, 1.807) is 13.0 Å². The van der Waals surface area contributed by atoms with E-state index in [1.165, 1.54) is 30.7 Å². The molecule has 3 rings (SSSR count). The third-order valence-corrected chi connectivity index (χ3v) is 7.48. The first-order valence-electron chi connectivity index (χ1n) is 10.9. The van der Waals surface area contributed by atoms with Crippen LogP contribution in [0, 0.1) is 11.3 Å². The smallest absolute Gasteiger partial charge is 0.342 e. The number of aromatic nitrogens is 1. The van der Waals surface area contributed by atoms with Crippen LogP contribution in [0.5, 0.6) is 0 Å². The summed E-state index contributed by atoms with van der Waals surface area (Å²) in [6.07, 6.45) is 3.21. The van der Waals surface area contributed by atoms with Crippen LogP contribution < -0.4 is 5.32 Å². The molecule has 0 aliphatic heterocycles. The Hall–Kier alpha value is -2.45. The quantitative estimate of drug-likeness (QED) is 0.434. The van der Waals surface area contributed by atoms with Crippen LogP contribution in [-0.4, -0.2) is 36.0 Å². The predicted octanol–water partition coefficient (Wildman–Crippen LogP) is 5.31. The summed E-state index contributed by atoms with van der Waals surface area (Å²) < 4.78 is 10.4. The normalized spacial score (nSPS) is 16.5. The largest absolute Gasteiger partial charge is 0.465 e. The first kappa shape index (κ1) is 25.2. The molecular formula is C24H29ClN2O5S.